The van der Waals surface area contributed by atoms with Crippen LogP contribution in [0.25, 0.3) is 0 Å². The SMILES string of the molecule is CCNCc1ccc(Oc2cccc(CC)c2)cc1Br. The van der Waals surface area contributed by atoms with E-state index in [0.29, 0.717) is 0 Å². The van der Waals surface area contributed by atoms with Gasteiger partial charge in [0, 0.05) is 11.0 Å². The number of hydrogen-bond acceptors (Lipinski definition) is 2. The van der Waals surface area contributed by atoms with Crippen molar-refractivity contribution >= 4 is 15.9 Å². The lowest BCUT2D eigenvalue weighted by Gasteiger charge is -2.10. The summed E-state index contributed by atoms with van der Waals surface area (Å²) in [5, 5.41) is 3.32. The second-order valence-electron chi connectivity index (χ2n) is 4.64. The van der Waals surface area contributed by atoms with Crippen LogP contribution in [0, 0.1) is 0 Å². The fourth-order valence-electron chi connectivity index (χ4n) is 1.96. The van der Waals surface area contributed by atoms with Gasteiger partial charge in [-0.1, -0.05) is 48.0 Å². The molecule has 0 fully saturated rings. The fourth-order valence-corrected chi connectivity index (χ4v) is 2.46. The van der Waals surface area contributed by atoms with E-state index in [4.69, 9.17) is 4.74 Å². The molecular formula is C17H20BrNO. The molecule has 0 radical (unpaired) electrons. The summed E-state index contributed by atoms with van der Waals surface area (Å²) in [5.74, 6) is 1.74. The summed E-state index contributed by atoms with van der Waals surface area (Å²) in [5.41, 5.74) is 2.52. The topological polar surface area (TPSA) is 21.3 Å². The van der Waals surface area contributed by atoms with Crippen molar-refractivity contribution < 1.29 is 4.74 Å². The Balaban J connectivity index is 2.11. The number of rotatable bonds is 6. The standard InChI is InChI=1S/C17H20BrNO/c1-3-13-6-5-7-15(10-13)20-16-9-8-14(12-19-4-2)17(18)11-16/h5-11,19H,3-4,12H2,1-2H3. The van der Waals surface area contributed by atoms with Gasteiger partial charge in [0.1, 0.15) is 11.5 Å². The summed E-state index contributed by atoms with van der Waals surface area (Å²) in [6.45, 7) is 6.08. The van der Waals surface area contributed by atoms with Crippen molar-refractivity contribution in [1.29, 1.82) is 0 Å². The second-order valence-corrected chi connectivity index (χ2v) is 5.49. The van der Waals surface area contributed by atoms with E-state index in [-0.39, 0.29) is 0 Å². The van der Waals surface area contributed by atoms with Gasteiger partial charge < -0.3 is 10.1 Å². The molecule has 0 amide bonds. The van der Waals surface area contributed by atoms with Gasteiger partial charge in [0.25, 0.3) is 0 Å². The minimum absolute atomic E-state index is 0.852. The zero-order valence-corrected chi connectivity index (χ0v) is 13.5. The van der Waals surface area contributed by atoms with Gasteiger partial charge in [-0.2, -0.15) is 0 Å². The molecule has 0 saturated carbocycles. The lowest BCUT2D eigenvalue weighted by molar-refractivity contribution is 0.481. The molecule has 3 heteroatoms. The highest BCUT2D eigenvalue weighted by molar-refractivity contribution is 9.10. The van der Waals surface area contributed by atoms with Crippen LogP contribution in [0.15, 0.2) is 46.9 Å². The Bertz CT molecular complexity index is 569. The van der Waals surface area contributed by atoms with E-state index >= 15 is 0 Å². The van der Waals surface area contributed by atoms with E-state index in [1.54, 1.807) is 0 Å². The Morgan fingerprint density at radius 1 is 1.05 bits per heavy atom. The van der Waals surface area contributed by atoms with Crippen LogP contribution in [-0.2, 0) is 13.0 Å². The van der Waals surface area contributed by atoms with Crippen LogP contribution in [-0.4, -0.2) is 6.54 Å². The number of aryl methyl sites for hydroxylation is 1. The number of benzene rings is 2. The lowest BCUT2D eigenvalue weighted by atomic mass is 10.1. The molecule has 0 aliphatic rings. The third kappa shape index (κ3) is 4.09. The molecule has 0 bridgehead atoms. The molecule has 1 N–H and O–H groups in total. The van der Waals surface area contributed by atoms with Crippen molar-refractivity contribution in [2.24, 2.45) is 0 Å². The fraction of sp³-hybridized carbons (Fsp3) is 0.294. The van der Waals surface area contributed by atoms with E-state index in [2.05, 4.69) is 53.3 Å². The zero-order valence-electron chi connectivity index (χ0n) is 11.9. The summed E-state index contributed by atoms with van der Waals surface area (Å²) in [4.78, 5) is 0. The predicted molar refractivity (Wildman–Crippen MR) is 87.4 cm³/mol. The Hall–Kier alpha value is -1.32. The van der Waals surface area contributed by atoms with Crippen molar-refractivity contribution in [2.45, 2.75) is 26.8 Å². The molecule has 0 aromatic heterocycles. The van der Waals surface area contributed by atoms with Crippen molar-refractivity contribution in [1.82, 2.24) is 5.32 Å². The minimum Gasteiger partial charge on any atom is -0.457 e. The van der Waals surface area contributed by atoms with E-state index in [9.17, 15) is 0 Å². The Kier molecular flexibility index (Phi) is 5.62. The van der Waals surface area contributed by atoms with Gasteiger partial charge in [-0.3, -0.25) is 0 Å². The van der Waals surface area contributed by atoms with Gasteiger partial charge in [-0.05, 0) is 48.4 Å². The second kappa shape index (κ2) is 7.46. The van der Waals surface area contributed by atoms with E-state index < -0.39 is 0 Å². The van der Waals surface area contributed by atoms with Crippen molar-refractivity contribution in [3.8, 4) is 11.5 Å². The molecule has 0 atom stereocenters. The van der Waals surface area contributed by atoms with E-state index in [1.807, 2.05) is 24.3 Å². The summed E-state index contributed by atoms with van der Waals surface area (Å²) < 4.78 is 6.98. The molecule has 20 heavy (non-hydrogen) atoms. The molecule has 2 aromatic rings. The highest BCUT2D eigenvalue weighted by atomic mass is 79.9. The number of hydrogen-bond donors (Lipinski definition) is 1. The normalized spacial score (nSPS) is 10.6. The first-order valence-electron chi connectivity index (χ1n) is 6.99. The molecule has 0 unspecified atom stereocenters. The summed E-state index contributed by atoms with van der Waals surface area (Å²) in [7, 11) is 0. The lowest BCUT2D eigenvalue weighted by Crippen LogP contribution is -2.11. The van der Waals surface area contributed by atoms with Crippen LogP contribution < -0.4 is 10.1 Å². The predicted octanol–water partition coefficient (Wildman–Crippen LogP) is 4.91. The maximum atomic E-state index is 5.91. The number of ether oxygens (including phenoxy) is 1. The molecule has 2 rings (SSSR count). The largest absolute Gasteiger partial charge is 0.457 e. The average Bonchev–Trinajstić information content (AvgIpc) is 2.47. The van der Waals surface area contributed by atoms with Crippen LogP contribution >= 0.6 is 15.9 Å². The summed E-state index contributed by atoms with van der Waals surface area (Å²) >= 11 is 3.60. The van der Waals surface area contributed by atoms with Crippen molar-refractivity contribution in [3.05, 3.63) is 58.1 Å². The quantitative estimate of drug-likeness (QED) is 0.810. The monoisotopic (exact) mass is 333 g/mol. The molecule has 0 aliphatic heterocycles. The molecule has 0 heterocycles. The van der Waals surface area contributed by atoms with Gasteiger partial charge in [0.15, 0.2) is 0 Å². The molecular weight excluding hydrogens is 314 g/mol. The van der Waals surface area contributed by atoms with Crippen molar-refractivity contribution in [3.63, 3.8) is 0 Å². The van der Waals surface area contributed by atoms with Gasteiger partial charge in [0.05, 0.1) is 0 Å². The third-order valence-corrected chi connectivity index (χ3v) is 3.87. The van der Waals surface area contributed by atoms with Crippen LogP contribution in [0.4, 0.5) is 0 Å². The highest BCUT2D eigenvalue weighted by Crippen LogP contribution is 2.27. The number of nitrogens with one attached hydrogen (secondary N) is 1. The molecule has 0 aliphatic carbocycles. The van der Waals surface area contributed by atoms with Crippen molar-refractivity contribution in [2.75, 3.05) is 6.54 Å². The Morgan fingerprint density at radius 2 is 1.85 bits per heavy atom. The summed E-state index contributed by atoms with van der Waals surface area (Å²) in [6.07, 6.45) is 1.02. The van der Waals surface area contributed by atoms with Gasteiger partial charge in [-0.25, -0.2) is 0 Å². The first-order valence-corrected chi connectivity index (χ1v) is 7.78. The van der Waals surface area contributed by atoms with Crippen LogP contribution in [0.2, 0.25) is 0 Å². The highest BCUT2D eigenvalue weighted by Gasteiger charge is 2.03. The van der Waals surface area contributed by atoms with E-state index in [1.165, 1.54) is 11.1 Å². The molecule has 0 saturated heterocycles. The van der Waals surface area contributed by atoms with Crippen LogP contribution in [0.1, 0.15) is 25.0 Å². The van der Waals surface area contributed by atoms with Gasteiger partial charge >= 0.3 is 0 Å². The Morgan fingerprint density at radius 3 is 2.55 bits per heavy atom. The smallest absolute Gasteiger partial charge is 0.128 e. The van der Waals surface area contributed by atoms with Gasteiger partial charge in [0.2, 0.25) is 0 Å². The molecule has 2 nitrogen and oxygen atoms in total. The summed E-state index contributed by atoms with van der Waals surface area (Å²) in [6, 6.07) is 14.3. The number of halogens is 1. The third-order valence-electron chi connectivity index (χ3n) is 3.13. The maximum absolute atomic E-state index is 5.91. The first kappa shape index (κ1) is 15.1. The van der Waals surface area contributed by atoms with Gasteiger partial charge in [-0.15, -0.1) is 0 Å². The molecule has 0 spiro atoms. The van der Waals surface area contributed by atoms with Crippen LogP contribution in [0.5, 0.6) is 11.5 Å². The van der Waals surface area contributed by atoms with Crippen LogP contribution in [0.3, 0.4) is 0 Å². The zero-order chi connectivity index (χ0) is 14.4. The molecule has 2 aromatic carbocycles. The average molecular weight is 334 g/mol. The Labute approximate surface area is 129 Å². The minimum atomic E-state index is 0.852. The molecule has 106 valence electrons. The first-order chi connectivity index (χ1) is 9.72. The maximum Gasteiger partial charge on any atom is 0.128 e. The van der Waals surface area contributed by atoms with E-state index in [0.717, 1.165) is 35.5 Å².